The molecule has 0 aromatic heterocycles. The van der Waals surface area contributed by atoms with Crippen LogP contribution in [0.4, 0.5) is 10.1 Å². The van der Waals surface area contributed by atoms with Crippen molar-refractivity contribution in [1.82, 2.24) is 5.43 Å². The first-order valence-corrected chi connectivity index (χ1v) is 10.4. The van der Waals surface area contributed by atoms with E-state index >= 15 is 0 Å². The Morgan fingerprint density at radius 2 is 1.97 bits per heavy atom. The number of nitrogens with one attached hydrogen (secondary N) is 1. The van der Waals surface area contributed by atoms with E-state index in [4.69, 9.17) is 19.9 Å². The highest BCUT2D eigenvalue weighted by molar-refractivity contribution is 6.62. The molecule has 32 heavy (non-hydrogen) atoms. The van der Waals surface area contributed by atoms with Gasteiger partial charge >= 0.3 is 7.12 Å². The first-order chi connectivity index (χ1) is 15.0. The van der Waals surface area contributed by atoms with E-state index in [0.29, 0.717) is 5.46 Å². The minimum absolute atomic E-state index is 0.0800. The van der Waals surface area contributed by atoms with Gasteiger partial charge < -0.3 is 24.5 Å². The molecule has 174 valence electrons. The van der Waals surface area contributed by atoms with Gasteiger partial charge in [0.1, 0.15) is 6.61 Å². The van der Waals surface area contributed by atoms with Crippen LogP contribution in [-0.2, 0) is 15.9 Å². The molecule has 1 aliphatic heterocycles. The molecule has 1 fully saturated rings. The number of benzene rings is 2. The number of hydrogen-bond donors (Lipinski definition) is 3. The zero-order chi connectivity index (χ0) is 24.1. The van der Waals surface area contributed by atoms with Crippen LogP contribution in [0.2, 0.25) is 0 Å². The van der Waals surface area contributed by atoms with Crippen molar-refractivity contribution >= 4 is 18.3 Å². The van der Waals surface area contributed by atoms with E-state index < -0.39 is 18.5 Å². The molecule has 5 N–H and O–H groups in total. The van der Waals surface area contributed by atoms with Gasteiger partial charge in [-0.3, -0.25) is 5.84 Å². The number of halogens is 1. The molecular weight excluding hydrogens is 410 g/mol. The number of nitrogens with two attached hydrogens (primary N) is 2. The van der Waals surface area contributed by atoms with Crippen LogP contribution < -0.4 is 32.3 Å². The van der Waals surface area contributed by atoms with Crippen molar-refractivity contribution in [2.24, 2.45) is 11.7 Å². The quantitative estimate of drug-likeness (QED) is 0.358. The van der Waals surface area contributed by atoms with Gasteiger partial charge in [-0.2, -0.15) is 0 Å². The topological polar surface area (TPSA) is 95.0 Å². The number of anilines is 1. The first kappa shape index (κ1) is 25.7. The van der Waals surface area contributed by atoms with E-state index in [-0.39, 0.29) is 18.5 Å². The van der Waals surface area contributed by atoms with Crippen LogP contribution in [0.15, 0.2) is 43.1 Å². The normalized spacial score (nSPS) is 16.8. The van der Waals surface area contributed by atoms with Gasteiger partial charge in [-0.25, -0.2) is 10.2 Å². The van der Waals surface area contributed by atoms with Crippen LogP contribution in [0.3, 0.4) is 0 Å². The summed E-state index contributed by atoms with van der Waals surface area (Å²) in [6.07, 6.45) is 1.32. The molecule has 1 saturated heterocycles. The number of aryl methyl sites for hydroxylation is 2. The van der Waals surface area contributed by atoms with E-state index in [1.807, 2.05) is 52.8 Å². The third-order valence-electron chi connectivity index (χ3n) is 5.55. The summed E-state index contributed by atoms with van der Waals surface area (Å²) in [6.45, 7) is 13.2. The van der Waals surface area contributed by atoms with Gasteiger partial charge in [0.15, 0.2) is 11.6 Å². The highest BCUT2D eigenvalue weighted by atomic mass is 19.1. The van der Waals surface area contributed by atoms with E-state index in [2.05, 4.69) is 17.8 Å². The van der Waals surface area contributed by atoms with Crippen molar-refractivity contribution in [2.75, 3.05) is 12.1 Å². The lowest BCUT2D eigenvalue weighted by atomic mass is 9.76. The lowest BCUT2D eigenvalue weighted by Crippen LogP contribution is -2.36. The molecule has 2 aromatic rings. The van der Waals surface area contributed by atoms with Crippen LogP contribution in [-0.4, -0.2) is 25.9 Å². The van der Waals surface area contributed by atoms with Crippen LogP contribution in [0, 0.1) is 19.7 Å². The Morgan fingerprint density at radius 3 is 2.50 bits per heavy atom. The molecule has 1 heterocycles. The molecule has 9 heteroatoms. The molecule has 3 rings (SSSR count). The third kappa shape index (κ3) is 6.01. The molecule has 2 aromatic carbocycles. The third-order valence-corrected chi connectivity index (χ3v) is 5.55. The molecule has 1 aliphatic rings. The molecule has 1 unspecified atom stereocenters. The summed E-state index contributed by atoms with van der Waals surface area (Å²) in [5.74, 6) is 10.3. The summed E-state index contributed by atoms with van der Waals surface area (Å²) in [4.78, 5) is 0. The Balaban J connectivity index is 0.000000837. The highest BCUT2D eigenvalue weighted by Gasteiger charge is 2.44. The molecule has 7 nitrogen and oxygen atoms in total. The lowest BCUT2D eigenvalue weighted by Gasteiger charge is -2.21. The maximum absolute atomic E-state index is 14.8. The second-order valence-corrected chi connectivity index (χ2v) is 8.31. The van der Waals surface area contributed by atoms with Crippen LogP contribution in [0.1, 0.15) is 37.5 Å². The monoisotopic (exact) mass is 444 g/mol. The van der Waals surface area contributed by atoms with Crippen LogP contribution in [0.5, 0.6) is 5.75 Å². The maximum atomic E-state index is 14.8. The summed E-state index contributed by atoms with van der Waals surface area (Å²) in [5, 5.41) is 1.54. The highest BCUT2D eigenvalue weighted by Crippen LogP contribution is 2.29. The molecule has 0 aliphatic carbocycles. The van der Waals surface area contributed by atoms with Crippen molar-refractivity contribution in [2.45, 2.75) is 52.9 Å². The van der Waals surface area contributed by atoms with Crippen molar-refractivity contribution in [1.29, 1.82) is 0 Å². The van der Waals surface area contributed by atoms with Gasteiger partial charge in [-0.05, 0) is 69.4 Å². The molecule has 1 atom stereocenters. The number of nitrogens with zero attached hydrogens (tertiary/aromatic N) is 1. The zero-order valence-electron chi connectivity index (χ0n) is 19.7. The fourth-order valence-corrected chi connectivity index (χ4v) is 3.28. The summed E-state index contributed by atoms with van der Waals surface area (Å²) in [5.41, 5.74) is 6.11. The molecule has 0 saturated carbocycles. The van der Waals surface area contributed by atoms with Crippen LogP contribution in [0.25, 0.3) is 0 Å². The largest absolute Gasteiger partial charge is 0.495 e. The fraction of sp³-hybridized carbons (Fsp3) is 0.391. The summed E-state index contributed by atoms with van der Waals surface area (Å²) in [6, 6.07) is 8.96. The summed E-state index contributed by atoms with van der Waals surface area (Å²) >= 11 is 0. The van der Waals surface area contributed by atoms with Gasteiger partial charge in [0.25, 0.3) is 0 Å². The Bertz CT molecular complexity index is 940. The standard InChI is InChI=1S/C21H28BFN2O3.C2H6N2/c1-13-8-7-9-19(25(6)24)16(13)12-26-20-10-14(2)17(11-18(20)23)22-27-15(3)21(4,5)28-22;1-2-4-3/h7-11,15H,12,24H2,1-6H3;2,4H,1,3H2. The van der Waals surface area contributed by atoms with Gasteiger partial charge in [0.05, 0.1) is 17.4 Å². The predicted molar refractivity (Wildman–Crippen MR) is 128 cm³/mol. The van der Waals surface area contributed by atoms with Gasteiger partial charge in [0, 0.05) is 18.8 Å². The minimum Gasteiger partial charge on any atom is -0.486 e. The van der Waals surface area contributed by atoms with Crippen molar-refractivity contribution in [3.63, 3.8) is 0 Å². The Morgan fingerprint density at radius 1 is 1.31 bits per heavy atom. The van der Waals surface area contributed by atoms with E-state index in [0.717, 1.165) is 22.4 Å². The number of hydrazine groups is 2. The zero-order valence-corrected chi connectivity index (χ0v) is 19.7. The number of hydrogen-bond acceptors (Lipinski definition) is 7. The van der Waals surface area contributed by atoms with Gasteiger partial charge in [0.2, 0.25) is 0 Å². The second-order valence-electron chi connectivity index (χ2n) is 8.31. The van der Waals surface area contributed by atoms with Gasteiger partial charge in [-0.1, -0.05) is 18.7 Å². The van der Waals surface area contributed by atoms with Crippen LogP contribution >= 0.6 is 0 Å². The Hall–Kier alpha value is -2.59. The van der Waals surface area contributed by atoms with Crippen molar-refractivity contribution in [3.8, 4) is 5.75 Å². The Kier molecular flexibility index (Phi) is 8.69. The van der Waals surface area contributed by atoms with E-state index in [1.54, 1.807) is 13.1 Å². The smallest absolute Gasteiger partial charge is 0.486 e. The lowest BCUT2D eigenvalue weighted by molar-refractivity contribution is 0.0842. The molecule has 0 radical (unpaired) electrons. The summed E-state index contributed by atoms with van der Waals surface area (Å²) < 4.78 is 32.4. The van der Waals surface area contributed by atoms with Crippen molar-refractivity contribution in [3.05, 3.63) is 65.6 Å². The molecular formula is C23H34BFN4O3. The molecule has 0 bridgehead atoms. The summed E-state index contributed by atoms with van der Waals surface area (Å²) in [7, 11) is 1.18. The van der Waals surface area contributed by atoms with Gasteiger partial charge in [-0.15, -0.1) is 0 Å². The second kappa shape index (κ2) is 10.8. The predicted octanol–water partition coefficient (Wildman–Crippen LogP) is 2.83. The average Bonchev–Trinajstić information content (AvgIpc) is 3.01. The minimum atomic E-state index is -0.581. The molecule has 0 spiro atoms. The Labute approximate surface area is 190 Å². The maximum Gasteiger partial charge on any atom is 0.495 e. The SMILES string of the molecule is C=CNN.Cc1cc(OCc2c(C)cccc2N(C)N)c(F)cc1B1OC(C)C(C)(C)O1. The first-order valence-electron chi connectivity index (χ1n) is 10.4. The number of rotatable bonds is 6. The number of ether oxygens (including phenoxy) is 1. The molecule has 0 amide bonds. The fourth-order valence-electron chi connectivity index (χ4n) is 3.28. The van der Waals surface area contributed by atoms with Crippen molar-refractivity contribution < 1.29 is 18.4 Å². The average molecular weight is 444 g/mol. The van der Waals surface area contributed by atoms with E-state index in [1.165, 1.54) is 17.3 Å². The van der Waals surface area contributed by atoms with E-state index in [9.17, 15) is 4.39 Å².